The maximum atomic E-state index is 12.3. The highest BCUT2D eigenvalue weighted by Gasteiger charge is 2.14. The third kappa shape index (κ3) is 2.55. The first-order chi connectivity index (χ1) is 10.5. The zero-order chi connectivity index (χ0) is 15.9. The molecule has 22 heavy (non-hydrogen) atoms. The van der Waals surface area contributed by atoms with Crippen molar-refractivity contribution in [2.75, 3.05) is 0 Å². The standard InChI is InChI=1S/C14H10ClF2N3O2/c1-7-5-11(22-14(16)17)9(15)6-8(7)12-18-13(21)10-3-2-4-20(10)19-12/h2-6,14H,1H3,(H,18,19,21). The quantitative estimate of drug-likeness (QED) is 0.804. The van der Waals surface area contributed by atoms with Crippen LogP contribution in [0.5, 0.6) is 5.75 Å². The number of hydrogen-bond acceptors (Lipinski definition) is 3. The van der Waals surface area contributed by atoms with Crippen LogP contribution in [0.3, 0.4) is 0 Å². The van der Waals surface area contributed by atoms with Crippen molar-refractivity contribution in [1.29, 1.82) is 0 Å². The van der Waals surface area contributed by atoms with Gasteiger partial charge in [-0.05, 0) is 36.8 Å². The lowest BCUT2D eigenvalue weighted by atomic mass is 10.1. The van der Waals surface area contributed by atoms with Gasteiger partial charge in [-0.15, -0.1) is 5.10 Å². The Kier molecular flexibility index (Phi) is 3.58. The Morgan fingerprint density at radius 1 is 1.41 bits per heavy atom. The van der Waals surface area contributed by atoms with Gasteiger partial charge in [0, 0.05) is 11.8 Å². The average molecular weight is 326 g/mol. The summed E-state index contributed by atoms with van der Waals surface area (Å²) in [7, 11) is 0. The van der Waals surface area contributed by atoms with Crippen LogP contribution in [-0.2, 0) is 0 Å². The number of aryl methyl sites for hydroxylation is 1. The number of hydrogen-bond donors (Lipinski definition) is 1. The van der Waals surface area contributed by atoms with Crippen molar-refractivity contribution in [3.63, 3.8) is 0 Å². The van der Waals surface area contributed by atoms with Crippen molar-refractivity contribution >= 4 is 17.1 Å². The molecule has 0 aliphatic heterocycles. The Bertz CT molecular complexity index is 905. The first-order valence-electron chi connectivity index (χ1n) is 6.28. The number of alkyl halides is 2. The number of halogens is 3. The van der Waals surface area contributed by atoms with Gasteiger partial charge < -0.3 is 9.72 Å². The van der Waals surface area contributed by atoms with Crippen LogP contribution in [0.1, 0.15) is 5.56 Å². The van der Waals surface area contributed by atoms with Crippen LogP contribution in [0, 0.1) is 6.92 Å². The topological polar surface area (TPSA) is 59.4 Å². The molecule has 0 aliphatic rings. The minimum Gasteiger partial charge on any atom is -0.433 e. The lowest BCUT2D eigenvalue weighted by Gasteiger charge is -2.11. The maximum absolute atomic E-state index is 12.3. The molecule has 0 saturated carbocycles. The maximum Gasteiger partial charge on any atom is 0.387 e. The second-order valence-corrected chi connectivity index (χ2v) is 5.02. The Labute approximate surface area is 128 Å². The number of benzene rings is 1. The molecule has 2 heterocycles. The molecule has 0 atom stereocenters. The molecule has 1 N–H and O–H groups in total. The van der Waals surface area contributed by atoms with Crippen molar-refractivity contribution in [3.8, 4) is 17.1 Å². The molecule has 0 unspecified atom stereocenters. The van der Waals surface area contributed by atoms with Crippen molar-refractivity contribution in [1.82, 2.24) is 14.6 Å². The molecule has 0 bridgehead atoms. The number of nitrogens with one attached hydrogen (secondary N) is 1. The zero-order valence-electron chi connectivity index (χ0n) is 11.3. The van der Waals surface area contributed by atoms with Crippen LogP contribution in [0.4, 0.5) is 8.78 Å². The van der Waals surface area contributed by atoms with Gasteiger partial charge in [0.15, 0.2) is 5.82 Å². The van der Waals surface area contributed by atoms with E-state index in [0.29, 0.717) is 16.6 Å². The number of aromatic nitrogens is 3. The van der Waals surface area contributed by atoms with E-state index in [9.17, 15) is 13.6 Å². The number of ether oxygens (including phenoxy) is 1. The molecule has 3 rings (SSSR count). The van der Waals surface area contributed by atoms with E-state index in [1.165, 1.54) is 16.6 Å². The number of aromatic amines is 1. The molecule has 1 aromatic carbocycles. The first-order valence-corrected chi connectivity index (χ1v) is 6.66. The summed E-state index contributed by atoms with van der Waals surface area (Å²) in [6.45, 7) is -1.28. The largest absolute Gasteiger partial charge is 0.433 e. The number of rotatable bonds is 3. The molecule has 0 spiro atoms. The van der Waals surface area contributed by atoms with Gasteiger partial charge in [-0.3, -0.25) is 4.79 Å². The summed E-state index contributed by atoms with van der Waals surface area (Å²) in [5.41, 5.74) is 1.22. The number of H-pyrrole nitrogens is 1. The molecule has 8 heteroatoms. The highest BCUT2D eigenvalue weighted by atomic mass is 35.5. The summed E-state index contributed by atoms with van der Waals surface area (Å²) in [4.78, 5) is 14.6. The third-order valence-corrected chi connectivity index (χ3v) is 3.45. The fourth-order valence-corrected chi connectivity index (χ4v) is 2.37. The molecule has 0 amide bonds. The van der Waals surface area contributed by atoms with Crippen LogP contribution in [0.25, 0.3) is 16.9 Å². The number of nitrogens with zero attached hydrogens (tertiary/aromatic N) is 2. The SMILES string of the molecule is Cc1cc(OC(F)F)c(Cl)cc1-c1nn2cccc2c(=O)[nH]1. The van der Waals surface area contributed by atoms with Gasteiger partial charge in [0.2, 0.25) is 0 Å². The third-order valence-electron chi connectivity index (χ3n) is 3.15. The van der Waals surface area contributed by atoms with Crippen LogP contribution in [0.2, 0.25) is 5.02 Å². The molecule has 0 radical (unpaired) electrons. The summed E-state index contributed by atoms with van der Waals surface area (Å²) in [5.74, 6) is 0.166. The van der Waals surface area contributed by atoms with E-state index in [4.69, 9.17) is 11.6 Å². The van der Waals surface area contributed by atoms with Crippen molar-refractivity contribution in [2.45, 2.75) is 13.5 Å². The van der Waals surface area contributed by atoms with Gasteiger partial charge in [0.25, 0.3) is 5.56 Å². The van der Waals surface area contributed by atoms with Crippen LogP contribution >= 0.6 is 11.6 Å². The second kappa shape index (κ2) is 5.42. The normalized spacial score (nSPS) is 11.3. The summed E-state index contributed by atoms with van der Waals surface area (Å²) in [6.07, 6.45) is 1.64. The Morgan fingerprint density at radius 2 is 2.18 bits per heavy atom. The predicted molar refractivity (Wildman–Crippen MR) is 77.6 cm³/mol. The fourth-order valence-electron chi connectivity index (χ4n) is 2.16. The molecule has 0 aliphatic carbocycles. The summed E-state index contributed by atoms with van der Waals surface area (Å²) >= 11 is 5.95. The monoisotopic (exact) mass is 325 g/mol. The van der Waals surface area contributed by atoms with E-state index < -0.39 is 6.61 Å². The molecule has 5 nitrogen and oxygen atoms in total. The van der Waals surface area contributed by atoms with Crippen molar-refractivity contribution in [3.05, 3.63) is 51.4 Å². The lowest BCUT2D eigenvalue weighted by Crippen LogP contribution is -2.13. The summed E-state index contributed by atoms with van der Waals surface area (Å²) in [5, 5.41) is 4.28. The summed E-state index contributed by atoms with van der Waals surface area (Å²) < 4.78 is 30.4. The van der Waals surface area contributed by atoms with E-state index >= 15 is 0 Å². The van der Waals surface area contributed by atoms with Gasteiger partial charge in [-0.2, -0.15) is 8.78 Å². The molecule has 0 fully saturated rings. The van der Waals surface area contributed by atoms with Crippen LogP contribution in [0.15, 0.2) is 35.3 Å². The van der Waals surface area contributed by atoms with Crippen molar-refractivity contribution < 1.29 is 13.5 Å². The second-order valence-electron chi connectivity index (χ2n) is 4.62. The molecule has 0 saturated heterocycles. The minimum absolute atomic E-state index is 0.0103. The molecular weight excluding hydrogens is 316 g/mol. The highest BCUT2D eigenvalue weighted by Crippen LogP contribution is 2.32. The molecule has 114 valence electrons. The van der Waals surface area contributed by atoms with Gasteiger partial charge in [0.05, 0.1) is 5.02 Å². The van der Waals surface area contributed by atoms with E-state index in [1.54, 1.807) is 25.3 Å². The van der Waals surface area contributed by atoms with Gasteiger partial charge in [-0.25, -0.2) is 4.52 Å². The number of fused-ring (bicyclic) bond motifs is 1. The average Bonchev–Trinajstić information content (AvgIpc) is 2.90. The van der Waals surface area contributed by atoms with E-state index in [0.717, 1.165) is 0 Å². The van der Waals surface area contributed by atoms with E-state index in [-0.39, 0.29) is 22.2 Å². The highest BCUT2D eigenvalue weighted by molar-refractivity contribution is 6.32. The fraction of sp³-hybridized carbons (Fsp3) is 0.143. The molecule has 2 aromatic heterocycles. The van der Waals surface area contributed by atoms with Crippen molar-refractivity contribution in [2.24, 2.45) is 0 Å². The van der Waals surface area contributed by atoms with Crippen LogP contribution < -0.4 is 10.3 Å². The minimum atomic E-state index is -2.96. The van der Waals surface area contributed by atoms with Gasteiger partial charge in [0.1, 0.15) is 11.3 Å². The van der Waals surface area contributed by atoms with E-state index in [2.05, 4.69) is 14.8 Å². The lowest BCUT2D eigenvalue weighted by molar-refractivity contribution is -0.0498. The zero-order valence-corrected chi connectivity index (χ0v) is 12.1. The van der Waals surface area contributed by atoms with Crippen LogP contribution in [-0.4, -0.2) is 21.2 Å². The molecular formula is C14H10ClF2N3O2. The Hall–Kier alpha value is -2.41. The Balaban J connectivity index is 2.14. The summed E-state index contributed by atoms with van der Waals surface area (Å²) in [6, 6.07) is 6.14. The van der Waals surface area contributed by atoms with E-state index in [1.807, 2.05) is 0 Å². The predicted octanol–water partition coefficient (Wildman–Crippen LogP) is 3.25. The molecule has 3 aromatic rings. The first kappa shape index (κ1) is 14.5. The smallest absolute Gasteiger partial charge is 0.387 e. The Morgan fingerprint density at radius 3 is 2.91 bits per heavy atom. The van der Waals surface area contributed by atoms with Gasteiger partial charge >= 0.3 is 6.61 Å². The van der Waals surface area contributed by atoms with Gasteiger partial charge in [-0.1, -0.05) is 11.6 Å².